The summed E-state index contributed by atoms with van der Waals surface area (Å²) >= 11 is 1.74. The molecule has 3 rings (SSSR count). The third-order valence-electron chi connectivity index (χ3n) is 3.49. The lowest BCUT2D eigenvalue weighted by Crippen LogP contribution is -2.29. The average molecular weight is 277 g/mol. The maximum absolute atomic E-state index is 12.1. The fourth-order valence-electron chi connectivity index (χ4n) is 2.29. The number of nitrogens with one attached hydrogen (secondary N) is 1. The number of nitrogens with zero attached hydrogens (tertiary/aromatic N) is 2. The molecule has 1 N–H and O–H groups in total. The third kappa shape index (κ3) is 2.40. The van der Waals surface area contributed by atoms with Crippen LogP contribution in [-0.2, 0) is 4.79 Å². The molecule has 0 radical (unpaired) electrons. The first kappa shape index (κ1) is 12.3. The van der Waals surface area contributed by atoms with Gasteiger partial charge in [0.1, 0.15) is 0 Å². The van der Waals surface area contributed by atoms with Crippen molar-refractivity contribution in [1.29, 1.82) is 0 Å². The molecule has 1 fully saturated rings. The number of carbonyl (C=O) groups is 1. The van der Waals surface area contributed by atoms with E-state index in [1.165, 1.54) is 16.8 Å². The van der Waals surface area contributed by atoms with Crippen molar-refractivity contribution in [3.8, 4) is 0 Å². The summed E-state index contributed by atoms with van der Waals surface area (Å²) in [7, 11) is 0. The minimum absolute atomic E-state index is 0.0788. The number of amides is 1. The molecule has 0 spiro atoms. The molecule has 0 bridgehead atoms. The fourth-order valence-corrected chi connectivity index (χ4v) is 3.40. The van der Waals surface area contributed by atoms with Crippen LogP contribution in [0, 0.1) is 12.8 Å². The number of thiophene rings is 1. The van der Waals surface area contributed by atoms with E-state index < -0.39 is 0 Å². The molecular formula is C13H15N3O2S. The first-order valence-corrected chi connectivity index (χ1v) is 7.15. The molecule has 1 aliphatic rings. The van der Waals surface area contributed by atoms with Gasteiger partial charge in [0.05, 0.1) is 6.04 Å². The molecule has 2 aromatic heterocycles. The fraction of sp³-hybridized carbons (Fsp3) is 0.462. The van der Waals surface area contributed by atoms with Gasteiger partial charge >= 0.3 is 0 Å². The first-order valence-electron chi connectivity index (χ1n) is 6.27. The van der Waals surface area contributed by atoms with Gasteiger partial charge < -0.3 is 9.84 Å². The van der Waals surface area contributed by atoms with Crippen molar-refractivity contribution in [2.75, 3.05) is 0 Å². The van der Waals surface area contributed by atoms with E-state index in [-0.39, 0.29) is 17.9 Å². The van der Waals surface area contributed by atoms with Crippen molar-refractivity contribution >= 4 is 17.2 Å². The Kier molecular flexibility index (Phi) is 3.10. The number of aromatic nitrogens is 2. The van der Waals surface area contributed by atoms with Gasteiger partial charge in [-0.2, -0.15) is 4.98 Å². The van der Waals surface area contributed by atoms with Crippen LogP contribution in [0.15, 0.2) is 22.4 Å². The summed E-state index contributed by atoms with van der Waals surface area (Å²) in [6, 6.07) is 1.90. The maximum atomic E-state index is 12.1. The molecule has 0 unspecified atom stereocenters. The van der Waals surface area contributed by atoms with E-state index in [4.69, 9.17) is 0 Å². The van der Waals surface area contributed by atoms with E-state index in [2.05, 4.69) is 38.4 Å². The SMILES string of the molecule is Cc1ccsc1[C@@H]1C[C@@H]1C(=O)N[C@H](C)c1ncon1. The van der Waals surface area contributed by atoms with Gasteiger partial charge in [-0.3, -0.25) is 4.79 Å². The van der Waals surface area contributed by atoms with Gasteiger partial charge in [-0.1, -0.05) is 5.16 Å². The van der Waals surface area contributed by atoms with E-state index in [1.54, 1.807) is 11.3 Å². The standard InChI is InChI=1S/C13H15N3O2S/c1-7-3-4-19-11(7)9-5-10(9)13(17)15-8(2)12-14-6-18-16-12/h3-4,6,8-10H,5H2,1-2H3,(H,15,17)/t8-,9-,10+/m1/s1. The van der Waals surface area contributed by atoms with Crippen LogP contribution in [0.4, 0.5) is 0 Å². The summed E-state index contributed by atoms with van der Waals surface area (Å²) in [4.78, 5) is 17.4. The molecule has 6 heteroatoms. The largest absolute Gasteiger partial charge is 0.346 e. The van der Waals surface area contributed by atoms with E-state index in [9.17, 15) is 4.79 Å². The van der Waals surface area contributed by atoms with Crippen LogP contribution in [0.25, 0.3) is 0 Å². The Bertz CT molecular complexity index is 578. The van der Waals surface area contributed by atoms with Crippen molar-refractivity contribution in [3.05, 3.63) is 34.1 Å². The van der Waals surface area contributed by atoms with Crippen molar-refractivity contribution < 1.29 is 9.32 Å². The van der Waals surface area contributed by atoms with Gasteiger partial charge in [-0.15, -0.1) is 11.3 Å². The Labute approximate surface area is 115 Å². The van der Waals surface area contributed by atoms with Crippen LogP contribution in [0.3, 0.4) is 0 Å². The molecule has 0 aliphatic heterocycles. The van der Waals surface area contributed by atoms with Crippen LogP contribution in [0.2, 0.25) is 0 Å². The molecular weight excluding hydrogens is 262 g/mol. The number of carbonyl (C=O) groups excluding carboxylic acids is 1. The van der Waals surface area contributed by atoms with Gasteiger partial charge in [-0.25, -0.2) is 0 Å². The summed E-state index contributed by atoms with van der Waals surface area (Å²) in [6.07, 6.45) is 2.21. The molecule has 2 heterocycles. The molecule has 1 aliphatic carbocycles. The topological polar surface area (TPSA) is 68.0 Å². The second-order valence-corrected chi connectivity index (χ2v) is 5.88. The lowest BCUT2D eigenvalue weighted by atomic mass is 10.2. The highest BCUT2D eigenvalue weighted by Crippen LogP contribution is 2.50. The number of aryl methyl sites for hydroxylation is 1. The van der Waals surface area contributed by atoms with E-state index in [0.717, 1.165) is 6.42 Å². The highest BCUT2D eigenvalue weighted by Gasteiger charge is 2.45. The zero-order chi connectivity index (χ0) is 13.4. The van der Waals surface area contributed by atoms with Gasteiger partial charge in [0.2, 0.25) is 12.3 Å². The van der Waals surface area contributed by atoms with Crippen LogP contribution in [0.5, 0.6) is 0 Å². The zero-order valence-electron chi connectivity index (χ0n) is 10.8. The van der Waals surface area contributed by atoms with Crippen molar-refractivity contribution in [2.45, 2.75) is 32.2 Å². The van der Waals surface area contributed by atoms with Crippen molar-refractivity contribution in [2.24, 2.45) is 5.92 Å². The lowest BCUT2D eigenvalue weighted by Gasteiger charge is -2.09. The van der Waals surface area contributed by atoms with Crippen LogP contribution in [-0.4, -0.2) is 16.0 Å². The predicted octanol–water partition coefficient (Wildman–Crippen LogP) is 2.42. The van der Waals surface area contributed by atoms with Gasteiger partial charge in [0.25, 0.3) is 0 Å². The van der Waals surface area contributed by atoms with Crippen LogP contribution in [0.1, 0.15) is 41.6 Å². The molecule has 19 heavy (non-hydrogen) atoms. The predicted molar refractivity (Wildman–Crippen MR) is 70.8 cm³/mol. The minimum Gasteiger partial charge on any atom is -0.346 e. The highest BCUT2D eigenvalue weighted by atomic mass is 32.1. The monoisotopic (exact) mass is 277 g/mol. The summed E-state index contributed by atoms with van der Waals surface area (Å²) in [6.45, 7) is 3.96. The zero-order valence-corrected chi connectivity index (χ0v) is 11.6. The third-order valence-corrected chi connectivity index (χ3v) is 4.64. The Hall–Kier alpha value is -1.69. The van der Waals surface area contributed by atoms with Gasteiger partial charge in [-0.05, 0) is 37.3 Å². The average Bonchev–Trinajstić information content (AvgIpc) is 2.81. The second kappa shape index (κ2) is 4.77. The maximum Gasteiger partial charge on any atom is 0.224 e. The van der Waals surface area contributed by atoms with E-state index >= 15 is 0 Å². The van der Waals surface area contributed by atoms with Crippen LogP contribution < -0.4 is 5.32 Å². The Morgan fingerprint density at radius 2 is 2.47 bits per heavy atom. The quantitative estimate of drug-likeness (QED) is 0.932. The lowest BCUT2D eigenvalue weighted by molar-refractivity contribution is -0.123. The van der Waals surface area contributed by atoms with Crippen molar-refractivity contribution in [1.82, 2.24) is 15.5 Å². The molecule has 0 saturated heterocycles. The number of hydrogen-bond donors (Lipinski definition) is 1. The van der Waals surface area contributed by atoms with Crippen LogP contribution >= 0.6 is 11.3 Å². The van der Waals surface area contributed by atoms with Crippen molar-refractivity contribution in [3.63, 3.8) is 0 Å². The molecule has 2 aromatic rings. The smallest absolute Gasteiger partial charge is 0.224 e. The molecule has 3 atom stereocenters. The molecule has 0 aromatic carbocycles. The summed E-state index contributed by atoms with van der Waals surface area (Å²) in [5, 5.41) is 8.75. The molecule has 1 saturated carbocycles. The van der Waals surface area contributed by atoms with E-state index in [0.29, 0.717) is 11.7 Å². The summed E-state index contributed by atoms with van der Waals surface area (Å²) < 4.78 is 4.68. The minimum atomic E-state index is -0.211. The Morgan fingerprint density at radius 1 is 1.63 bits per heavy atom. The second-order valence-electron chi connectivity index (χ2n) is 4.94. The Morgan fingerprint density at radius 3 is 3.11 bits per heavy atom. The Balaban J connectivity index is 1.60. The van der Waals surface area contributed by atoms with Gasteiger partial charge in [0, 0.05) is 16.7 Å². The summed E-state index contributed by atoms with van der Waals surface area (Å²) in [5.41, 5.74) is 1.29. The first-order chi connectivity index (χ1) is 9.16. The molecule has 5 nitrogen and oxygen atoms in total. The normalized spacial score (nSPS) is 23.1. The molecule has 1 amide bonds. The van der Waals surface area contributed by atoms with E-state index in [1.807, 2.05) is 6.92 Å². The van der Waals surface area contributed by atoms with Gasteiger partial charge in [0.15, 0.2) is 5.82 Å². The number of rotatable bonds is 4. The number of hydrogen-bond acceptors (Lipinski definition) is 5. The summed E-state index contributed by atoms with van der Waals surface area (Å²) in [5.74, 6) is 1.07. The highest BCUT2D eigenvalue weighted by molar-refractivity contribution is 7.10. The molecule has 100 valence electrons.